The van der Waals surface area contributed by atoms with Crippen LogP contribution in [0.5, 0.6) is 0 Å². The Morgan fingerprint density at radius 2 is 0.487 bits per heavy atom. The summed E-state index contributed by atoms with van der Waals surface area (Å²) in [5.74, 6) is -0.857. The first-order valence-electron chi connectivity index (χ1n) is 34.9. The summed E-state index contributed by atoms with van der Waals surface area (Å²) in [4.78, 5) is 38.2. The lowest BCUT2D eigenvalue weighted by Gasteiger charge is -2.18. The van der Waals surface area contributed by atoms with Gasteiger partial charge in [0.15, 0.2) is 6.10 Å². The minimum atomic E-state index is -0.773. The Bertz CT molecular complexity index is 1470. The first-order chi connectivity index (χ1) is 39.5. The van der Waals surface area contributed by atoms with E-state index in [1.54, 1.807) is 0 Å². The van der Waals surface area contributed by atoms with Crippen molar-refractivity contribution in [1.82, 2.24) is 0 Å². The van der Waals surface area contributed by atoms with E-state index in [4.69, 9.17) is 14.2 Å². The second kappa shape index (κ2) is 68.3. The molecule has 464 valence electrons. The van der Waals surface area contributed by atoms with E-state index in [2.05, 4.69) is 93.7 Å². The van der Waals surface area contributed by atoms with Gasteiger partial charge in [-0.05, 0) is 89.9 Å². The Kier molecular flexibility index (Phi) is 65.7. The zero-order valence-corrected chi connectivity index (χ0v) is 53.3. The maximum absolute atomic E-state index is 12.9. The molecule has 0 aromatic heterocycles. The number of rotatable bonds is 64. The summed E-state index contributed by atoms with van der Waals surface area (Å²) in [7, 11) is 0. The summed E-state index contributed by atoms with van der Waals surface area (Å²) in [6.45, 7) is 6.55. The fourth-order valence-corrected chi connectivity index (χ4v) is 10.2. The molecular weight excluding hydrogens is 985 g/mol. The lowest BCUT2D eigenvalue weighted by molar-refractivity contribution is -0.167. The van der Waals surface area contributed by atoms with E-state index in [0.717, 1.165) is 89.9 Å². The molecule has 6 heteroatoms. The highest BCUT2D eigenvalue weighted by Gasteiger charge is 2.19. The predicted octanol–water partition coefficient (Wildman–Crippen LogP) is 24.1. The topological polar surface area (TPSA) is 78.9 Å². The third kappa shape index (κ3) is 65.7. The zero-order valence-electron chi connectivity index (χ0n) is 53.3. The lowest BCUT2D eigenvalue weighted by Crippen LogP contribution is -2.30. The van der Waals surface area contributed by atoms with Crippen molar-refractivity contribution in [3.63, 3.8) is 0 Å². The number of allylic oxidation sites excluding steroid dienone is 12. The maximum atomic E-state index is 12.9. The highest BCUT2D eigenvalue weighted by atomic mass is 16.6. The molecule has 0 amide bonds. The van der Waals surface area contributed by atoms with E-state index in [9.17, 15) is 14.4 Å². The molecule has 0 rings (SSSR count). The molecule has 0 aromatic rings. The van der Waals surface area contributed by atoms with Crippen molar-refractivity contribution in [2.45, 2.75) is 367 Å². The summed E-state index contributed by atoms with van der Waals surface area (Å²) >= 11 is 0. The van der Waals surface area contributed by atoms with Crippen LogP contribution in [0.25, 0.3) is 0 Å². The molecule has 0 radical (unpaired) electrons. The van der Waals surface area contributed by atoms with Gasteiger partial charge in [0.25, 0.3) is 0 Å². The number of carbonyl (C=O) groups excluding carboxylic acids is 3. The molecule has 0 saturated carbocycles. The summed E-state index contributed by atoms with van der Waals surface area (Å²) < 4.78 is 16.9. The molecule has 80 heavy (non-hydrogen) atoms. The van der Waals surface area contributed by atoms with Gasteiger partial charge in [-0.15, -0.1) is 0 Å². The fraction of sp³-hybridized carbons (Fsp3) is 0.797. The average Bonchev–Trinajstić information content (AvgIpc) is 3.46. The van der Waals surface area contributed by atoms with E-state index in [1.807, 2.05) is 0 Å². The van der Waals surface area contributed by atoms with Crippen LogP contribution in [0.15, 0.2) is 72.9 Å². The molecule has 0 aromatic carbocycles. The summed E-state index contributed by atoms with van der Waals surface area (Å²) in [5.41, 5.74) is 0. The first kappa shape index (κ1) is 76.9. The van der Waals surface area contributed by atoms with Crippen molar-refractivity contribution in [2.24, 2.45) is 0 Å². The highest BCUT2D eigenvalue weighted by molar-refractivity contribution is 5.71. The second-order valence-electron chi connectivity index (χ2n) is 23.4. The molecule has 6 nitrogen and oxygen atoms in total. The highest BCUT2D eigenvalue weighted by Crippen LogP contribution is 2.18. The van der Waals surface area contributed by atoms with Gasteiger partial charge < -0.3 is 14.2 Å². The Labute approximate surface area is 497 Å². The van der Waals surface area contributed by atoms with Crippen LogP contribution in [-0.4, -0.2) is 37.2 Å². The summed E-state index contributed by atoms with van der Waals surface area (Å²) in [5, 5.41) is 0. The van der Waals surface area contributed by atoms with Gasteiger partial charge in [0.2, 0.25) is 0 Å². The fourth-order valence-electron chi connectivity index (χ4n) is 10.2. The molecule has 1 unspecified atom stereocenters. The Hall–Kier alpha value is -3.15. The number of carbonyl (C=O) groups is 3. The molecule has 0 spiro atoms. The summed E-state index contributed by atoms with van der Waals surface area (Å²) in [6.07, 6.45) is 89.5. The van der Waals surface area contributed by atoms with Gasteiger partial charge in [-0.3, -0.25) is 14.4 Å². The number of unbranched alkanes of at least 4 members (excludes halogenated alkanes) is 41. The number of esters is 3. The predicted molar refractivity (Wildman–Crippen MR) is 348 cm³/mol. The van der Waals surface area contributed by atoms with Crippen LogP contribution in [0.4, 0.5) is 0 Å². The van der Waals surface area contributed by atoms with Gasteiger partial charge in [-0.1, -0.05) is 325 Å². The van der Waals surface area contributed by atoms with E-state index >= 15 is 0 Å². The zero-order chi connectivity index (χ0) is 57.8. The quantitative estimate of drug-likeness (QED) is 0.0261. The molecule has 0 aliphatic carbocycles. The van der Waals surface area contributed by atoms with E-state index in [-0.39, 0.29) is 31.1 Å². The molecular formula is C74H132O6. The largest absolute Gasteiger partial charge is 0.462 e. The van der Waals surface area contributed by atoms with Crippen molar-refractivity contribution in [3.05, 3.63) is 72.9 Å². The van der Waals surface area contributed by atoms with E-state index < -0.39 is 6.10 Å². The monoisotopic (exact) mass is 1120 g/mol. The van der Waals surface area contributed by atoms with Gasteiger partial charge in [0.1, 0.15) is 13.2 Å². The van der Waals surface area contributed by atoms with Crippen molar-refractivity contribution in [1.29, 1.82) is 0 Å². The van der Waals surface area contributed by atoms with Crippen LogP contribution in [-0.2, 0) is 28.6 Å². The van der Waals surface area contributed by atoms with E-state index in [1.165, 1.54) is 231 Å². The van der Waals surface area contributed by atoms with Gasteiger partial charge in [-0.2, -0.15) is 0 Å². The average molecular weight is 1120 g/mol. The minimum absolute atomic E-state index is 0.0708. The third-order valence-corrected chi connectivity index (χ3v) is 15.4. The number of ether oxygens (including phenoxy) is 3. The van der Waals surface area contributed by atoms with Crippen molar-refractivity contribution in [2.75, 3.05) is 13.2 Å². The Morgan fingerprint density at radius 3 is 0.775 bits per heavy atom. The van der Waals surface area contributed by atoms with Crippen LogP contribution < -0.4 is 0 Å². The Morgan fingerprint density at radius 1 is 0.263 bits per heavy atom. The van der Waals surface area contributed by atoms with Crippen LogP contribution in [0.1, 0.15) is 361 Å². The first-order valence-corrected chi connectivity index (χ1v) is 34.9. The van der Waals surface area contributed by atoms with Crippen molar-refractivity contribution >= 4 is 17.9 Å². The minimum Gasteiger partial charge on any atom is -0.462 e. The van der Waals surface area contributed by atoms with Crippen LogP contribution in [0.2, 0.25) is 0 Å². The molecule has 0 bridgehead atoms. The normalized spacial score (nSPS) is 12.5. The van der Waals surface area contributed by atoms with Crippen molar-refractivity contribution < 1.29 is 28.6 Å². The van der Waals surface area contributed by atoms with Crippen LogP contribution in [0, 0.1) is 0 Å². The molecule has 0 N–H and O–H groups in total. The van der Waals surface area contributed by atoms with Crippen LogP contribution in [0.3, 0.4) is 0 Å². The van der Waals surface area contributed by atoms with Crippen LogP contribution >= 0.6 is 0 Å². The lowest BCUT2D eigenvalue weighted by atomic mass is 10.0. The standard InChI is InChI=1S/C74H132O6/c1-4-7-10-13-16-19-21-23-25-27-29-30-31-32-33-34-35-36-37-38-39-40-41-42-43-44-45-47-48-50-52-55-58-61-64-67-73(76)79-70-71(69-78-72(75)66-63-60-57-54-18-15-12-9-6-3)80-74(77)68-65-62-59-56-53-51-49-46-28-26-24-22-20-17-14-11-8-5-2/h7,10,16,19,23,25-26,28-30,32-33,71H,4-6,8-9,11-15,17-18,20-22,24,27,31,34-70H2,1-3H3/b10-7-,19-16-,25-23-,28-26-,30-29-,33-32-. The van der Waals surface area contributed by atoms with E-state index in [0.29, 0.717) is 19.3 Å². The molecule has 0 saturated heterocycles. The molecule has 0 aliphatic rings. The number of hydrogen-bond donors (Lipinski definition) is 0. The molecule has 1 atom stereocenters. The molecule has 0 aliphatic heterocycles. The van der Waals surface area contributed by atoms with Crippen molar-refractivity contribution in [3.8, 4) is 0 Å². The molecule has 0 heterocycles. The SMILES string of the molecule is CC/C=C\C/C=C\C/C=C\C/C=C\C/C=C\CCCCCCCCCCCCCCCCCCCCCC(=O)OCC(COC(=O)CCCCCCCCCCC)OC(=O)CCCCCCCCC/C=C\CCCCCCCCC. The van der Waals surface area contributed by atoms with Gasteiger partial charge in [0.05, 0.1) is 0 Å². The Balaban J connectivity index is 4.04. The number of hydrogen-bond acceptors (Lipinski definition) is 6. The van der Waals surface area contributed by atoms with Gasteiger partial charge in [-0.25, -0.2) is 0 Å². The van der Waals surface area contributed by atoms with Gasteiger partial charge in [0, 0.05) is 19.3 Å². The smallest absolute Gasteiger partial charge is 0.306 e. The second-order valence-corrected chi connectivity index (χ2v) is 23.4. The molecule has 0 fully saturated rings. The maximum Gasteiger partial charge on any atom is 0.306 e. The summed E-state index contributed by atoms with van der Waals surface area (Å²) in [6, 6.07) is 0. The van der Waals surface area contributed by atoms with Gasteiger partial charge >= 0.3 is 17.9 Å². The third-order valence-electron chi connectivity index (χ3n) is 15.4.